The maximum atomic E-state index is 7.03. The molecule has 6 nitrogen and oxygen atoms in total. The molecule has 0 N–H and O–H groups in total. The fraction of sp³-hybridized carbons (Fsp3) is 0.0959. The Morgan fingerprint density at radius 2 is 0.863 bits per heavy atom. The molecule has 12 aromatic rings. The quantitative estimate of drug-likeness (QED) is 0.148. The molecule has 10 aromatic carbocycles. The van der Waals surface area contributed by atoms with E-state index in [0.29, 0.717) is 5.76 Å². The van der Waals surface area contributed by atoms with Gasteiger partial charge in [0.25, 0.3) is 6.71 Å². The van der Waals surface area contributed by atoms with Crippen molar-refractivity contribution < 1.29 is 18.3 Å². The van der Waals surface area contributed by atoms with Crippen molar-refractivity contribution in [1.29, 1.82) is 0 Å². The van der Waals surface area contributed by atoms with E-state index in [-0.39, 0.29) is 17.5 Å². The summed E-state index contributed by atoms with van der Waals surface area (Å²) in [5.41, 5.74) is 21.9. The molecule has 0 saturated carbocycles. The lowest BCUT2D eigenvalue weighted by Gasteiger charge is -2.36. The third kappa shape index (κ3) is 6.49. The van der Waals surface area contributed by atoms with Gasteiger partial charge in [-0.15, -0.1) is 0 Å². The highest BCUT2D eigenvalue weighted by Gasteiger charge is 2.47. The van der Waals surface area contributed by atoms with Gasteiger partial charge in [0.15, 0.2) is 11.2 Å². The van der Waals surface area contributed by atoms with Crippen LogP contribution in [-0.4, -0.2) is 6.71 Å². The second kappa shape index (κ2) is 16.9. The topological polar surface area (TPSA) is 51.2 Å². The lowest BCUT2D eigenvalue weighted by Crippen LogP contribution is -2.52. The Morgan fingerprint density at radius 1 is 0.425 bits per heavy atom. The van der Waals surface area contributed by atoms with Crippen LogP contribution in [0.1, 0.15) is 56.9 Å². The van der Waals surface area contributed by atoms with E-state index in [0.717, 1.165) is 112 Å². The summed E-state index contributed by atoms with van der Waals surface area (Å²) in [5.74, 6) is 3.17. The molecule has 0 spiro atoms. The van der Waals surface area contributed by atoms with E-state index >= 15 is 0 Å². The van der Waals surface area contributed by atoms with Crippen LogP contribution in [0, 0.1) is 0 Å². The highest BCUT2D eigenvalue weighted by atomic mass is 16.5. The summed E-state index contributed by atoms with van der Waals surface area (Å²) in [6.07, 6.45) is 3.92. The first-order valence-electron chi connectivity index (χ1n) is 27.7. The van der Waals surface area contributed by atoms with E-state index < -0.39 is 0 Å². The number of rotatable bonds is 7. The number of hydrogen-bond acceptors (Lipinski definition) is 6. The molecule has 2 aliphatic carbocycles. The molecule has 4 heterocycles. The number of benzene rings is 10. The summed E-state index contributed by atoms with van der Waals surface area (Å²) in [5, 5.41) is 4.39. The van der Waals surface area contributed by atoms with Crippen LogP contribution < -0.4 is 30.2 Å². The average molecular weight is 1030 g/mol. The predicted molar refractivity (Wildman–Crippen MR) is 329 cm³/mol. The maximum absolute atomic E-state index is 7.03. The zero-order valence-corrected chi connectivity index (χ0v) is 45.1. The van der Waals surface area contributed by atoms with Gasteiger partial charge in [-0.3, -0.25) is 0 Å². The molecular weight excluding hydrogens is 980 g/mol. The van der Waals surface area contributed by atoms with E-state index in [1.165, 1.54) is 44.5 Å². The van der Waals surface area contributed by atoms with Crippen LogP contribution in [0.2, 0.25) is 0 Å². The van der Waals surface area contributed by atoms with Crippen molar-refractivity contribution in [1.82, 2.24) is 0 Å². The third-order valence-corrected chi connectivity index (χ3v) is 17.7. The van der Waals surface area contributed by atoms with Crippen LogP contribution in [0.3, 0.4) is 0 Å². The Labute approximate surface area is 464 Å². The molecule has 0 radical (unpaired) electrons. The molecule has 0 atom stereocenters. The maximum Gasteiger partial charge on any atom is 0.260 e. The van der Waals surface area contributed by atoms with Crippen molar-refractivity contribution in [3.63, 3.8) is 0 Å². The zero-order chi connectivity index (χ0) is 53.8. The molecule has 4 aliphatic rings. The van der Waals surface area contributed by atoms with Crippen molar-refractivity contribution in [2.75, 3.05) is 9.80 Å². The minimum atomic E-state index is -0.369. The van der Waals surface area contributed by atoms with Crippen molar-refractivity contribution in [3.8, 4) is 33.8 Å². The smallest absolute Gasteiger partial charge is 0.260 e. The fourth-order valence-corrected chi connectivity index (χ4v) is 13.9. The standard InChI is InChI=1S/C73H53BN2O4/c1-7-63-69-64(8-2)78-68-40-54-48-36-34-46(76(44-23-13-10-14-24-44)62-30-20-28-52-50-26-16-18-32-66(50)80-71(52)62)38-56(48)73(5,6)58(54)42-60(68)74(69)59-41-57-53(39-67(59)77-63)47-35-33-45(37-55(47)72(57,3)4)75(43-21-11-9-12-22-43)61-29-19-27-51-49-25-15-17-31-65(49)79-70(51)61/h7-42H,1H2,2-6H3/b64-8+. The minimum Gasteiger partial charge on any atom is -0.459 e. The number of para-hydroxylation sites is 6. The van der Waals surface area contributed by atoms with Crippen molar-refractivity contribution in [2.45, 2.75) is 45.4 Å². The third-order valence-electron chi connectivity index (χ3n) is 17.7. The normalized spacial score (nSPS) is 15.5. The summed E-state index contributed by atoms with van der Waals surface area (Å²) in [6.45, 7) is 15.6. The molecule has 7 heteroatoms. The van der Waals surface area contributed by atoms with Gasteiger partial charge in [0, 0.05) is 60.6 Å². The van der Waals surface area contributed by atoms with Gasteiger partial charge >= 0.3 is 0 Å². The minimum absolute atomic E-state index is 0.182. The lowest BCUT2D eigenvalue weighted by molar-refractivity contribution is 0.409. The Morgan fingerprint density at radius 3 is 1.34 bits per heavy atom. The second-order valence-electron chi connectivity index (χ2n) is 22.7. The van der Waals surface area contributed by atoms with Gasteiger partial charge in [-0.1, -0.05) is 156 Å². The van der Waals surface area contributed by atoms with Crippen LogP contribution in [0.5, 0.6) is 11.5 Å². The van der Waals surface area contributed by atoms with Crippen molar-refractivity contribution >= 4 is 95.6 Å². The van der Waals surface area contributed by atoms with Gasteiger partial charge in [-0.05, 0) is 159 Å². The van der Waals surface area contributed by atoms with Crippen LogP contribution in [0.25, 0.3) is 66.1 Å². The second-order valence-corrected chi connectivity index (χ2v) is 22.7. The summed E-state index contributed by atoms with van der Waals surface area (Å²) in [6, 6.07) is 74.1. The first-order valence-corrected chi connectivity index (χ1v) is 27.7. The Kier molecular flexibility index (Phi) is 9.80. The lowest BCUT2D eigenvalue weighted by atomic mass is 9.33. The summed E-state index contributed by atoms with van der Waals surface area (Å²) in [7, 11) is 0. The molecule has 0 fully saturated rings. The van der Waals surface area contributed by atoms with Crippen molar-refractivity contribution in [3.05, 3.63) is 264 Å². The number of fused-ring (bicyclic) bond motifs is 17. The van der Waals surface area contributed by atoms with E-state index in [4.69, 9.17) is 18.3 Å². The molecule has 80 heavy (non-hydrogen) atoms. The van der Waals surface area contributed by atoms with Gasteiger partial charge in [-0.2, -0.15) is 0 Å². The molecule has 0 saturated heterocycles. The predicted octanol–water partition coefficient (Wildman–Crippen LogP) is 18.3. The van der Waals surface area contributed by atoms with Gasteiger partial charge in [0.2, 0.25) is 0 Å². The molecule has 0 amide bonds. The van der Waals surface area contributed by atoms with Gasteiger partial charge in [0.05, 0.1) is 11.4 Å². The molecule has 382 valence electrons. The first kappa shape index (κ1) is 46.4. The number of furan rings is 2. The average Bonchev–Trinajstić information content (AvgIpc) is 4.29. The number of allylic oxidation sites excluding steroid dienone is 3. The van der Waals surface area contributed by atoms with Gasteiger partial charge in [0.1, 0.15) is 34.2 Å². The highest BCUT2D eigenvalue weighted by molar-refractivity contribution is 6.93. The summed E-state index contributed by atoms with van der Waals surface area (Å²) in [4.78, 5) is 4.67. The van der Waals surface area contributed by atoms with E-state index in [1.807, 2.05) is 37.3 Å². The van der Waals surface area contributed by atoms with Crippen LogP contribution in [0.4, 0.5) is 34.1 Å². The Bertz CT molecular complexity index is 4710. The summed E-state index contributed by atoms with van der Waals surface area (Å²) < 4.78 is 27.4. The van der Waals surface area contributed by atoms with E-state index in [2.05, 4.69) is 232 Å². The number of anilines is 6. The number of hydrogen-bond donors (Lipinski definition) is 0. The largest absolute Gasteiger partial charge is 0.459 e. The van der Waals surface area contributed by atoms with Crippen LogP contribution >= 0.6 is 0 Å². The molecular formula is C73H53BN2O4. The summed E-state index contributed by atoms with van der Waals surface area (Å²) >= 11 is 0. The molecule has 2 aromatic heterocycles. The number of ether oxygens (including phenoxy) is 2. The highest BCUT2D eigenvalue weighted by Crippen LogP contribution is 2.55. The van der Waals surface area contributed by atoms with Crippen LogP contribution in [-0.2, 0) is 10.8 Å². The molecule has 0 bridgehead atoms. The monoisotopic (exact) mass is 1030 g/mol. The van der Waals surface area contributed by atoms with E-state index in [9.17, 15) is 0 Å². The zero-order valence-electron chi connectivity index (χ0n) is 45.1. The van der Waals surface area contributed by atoms with Crippen LogP contribution in [0.15, 0.2) is 251 Å². The SMILES string of the molecule is C=CC1=C2B(c3cc4c(cc3O1)-c1ccc(N(c3ccccc3)c3cccc5c3oc3ccccc35)cc1C4(C)C)c1cc3c(cc1O/C2=C/C)-c1ccc(N(c2ccccc2)c2cccc4c2oc2ccccc24)cc1C3(C)C. The number of nitrogens with zero attached hydrogens (tertiary/aromatic N) is 2. The Hall–Kier alpha value is -9.72. The Balaban J connectivity index is 0.814. The first-order chi connectivity index (χ1) is 39.1. The van der Waals surface area contributed by atoms with E-state index in [1.54, 1.807) is 0 Å². The molecule has 16 rings (SSSR count). The fourth-order valence-electron chi connectivity index (χ4n) is 13.9. The van der Waals surface area contributed by atoms with Gasteiger partial charge < -0.3 is 28.1 Å². The van der Waals surface area contributed by atoms with Gasteiger partial charge in [-0.25, -0.2) is 0 Å². The van der Waals surface area contributed by atoms with Crippen molar-refractivity contribution in [2.24, 2.45) is 0 Å². The molecule has 0 unspecified atom stereocenters. The molecule has 2 aliphatic heterocycles.